The zero-order valence-corrected chi connectivity index (χ0v) is 16.1. The fourth-order valence-electron chi connectivity index (χ4n) is 3.42. The molecule has 3 rings (SSSR count). The second-order valence-electron chi connectivity index (χ2n) is 7.36. The Labute approximate surface area is 168 Å². The van der Waals surface area contributed by atoms with E-state index in [1.165, 1.54) is 12.1 Å². The van der Waals surface area contributed by atoms with Crippen LogP contribution in [0.25, 0.3) is 0 Å². The highest BCUT2D eigenvalue weighted by atomic mass is 19.1. The van der Waals surface area contributed by atoms with Crippen LogP contribution in [0.5, 0.6) is 0 Å². The topological polar surface area (TPSA) is 106 Å². The Hall–Kier alpha value is -2.68. The van der Waals surface area contributed by atoms with Crippen molar-refractivity contribution in [3.05, 3.63) is 35.6 Å². The quantitative estimate of drug-likeness (QED) is 0.597. The molecule has 9 heteroatoms. The second-order valence-corrected chi connectivity index (χ2v) is 7.36. The molecule has 2 aliphatic rings. The molecular formula is C20H26FN3O5. The van der Waals surface area contributed by atoms with Crippen molar-refractivity contribution in [1.29, 1.82) is 0 Å². The first-order chi connectivity index (χ1) is 14.0. The molecule has 2 aliphatic heterocycles. The molecule has 0 radical (unpaired) electrons. The van der Waals surface area contributed by atoms with Crippen LogP contribution in [0.1, 0.15) is 31.2 Å². The maximum Gasteiger partial charge on any atom is 0.407 e. The van der Waals surface area contributed by atoms with Gasteiger partial charge in [0.05, 0.1) is 18.6 Å². The summed E-state index contributed by atoms with van der Waals surface area (Å²) in [7, 11) is 0. The highest BCUT2D eigenvalue weighted by Crippen LogP contribution is 2.14. The minimum absolute atomic E-state index is 0.00566. The number of rotatable bonds is 8. The molecule has 3 amide bonds. The molecule has 158 valence electrons. The number of nitrogens with one attached hydrogen (secondary N) is 3. The molecule has 29 heavy (non-hydrogen) atoms. The summed E-state index contributed by atoms with van der Waals surface area (Å²) >= 11 is 0. The zero-order chi connectivity index (χ0) is 20.6. The molecular weight excluding hydrogens is 381 g/mol. The summed E-state index contributed by atoms with van der Waals surface area (Å²) in [6.45, 7) is 1.05. The maximum atomic E-state index is 12.9. The number of carbonyl (C=O) groups is 3. The number of amides is 3. The predicted octanol–water partition coefficient (Wildman–Crippen LogP) is 1.04. The molecule has 2 fully saturated rings. The van der Waals surface area contributed by atoms with E-state index in [4.69, 9.17) is 9.47 Å². The SMILES string of the molecule is O=C(C[C@H]1COC(=O)N1)NC[C@H]1C[C@H](NC(=O)CCc2ccc(F)cc2)CCO1. The molecule has 8 nitrogen and oxygen atoms in total. The third kappa shape index (κ3) is 7.01. The summed E-state index contributed by atoms with van der Waals surface area (Å²) in [5.74, 6) is -0.532. The van der Waals surface area contributed by atoms with Gasteiger partial charge in [-0.3, -0.25) is 9.59 Å². The van der Waals surface area contributed by atoms with Crippen molar-refractivity contribution in [3.63, 3.8) is 0 Å². The van der Waals surface area contributed by atoms with E-state index in [-0.39, 0.29) is 48.8 Å². The number of carbonyl (C=O) groups excluding carboxylic acids is 3. The standard InChI is InChI=1S/C20H26FN3O5/c21-14-4-1-13(2-5-14)3-6-18(25)23-15-7-8-28-17(9-15)11-22-19(26)10-16-12-29-20(27)24-16/h1-2,4-5,15-17H,3,6-12H2,(H,22,26)(H,23,25)(H,24,27)/t15-,16+,17-/m1/s1. The van der Waals surface area contributed by atoms with Gasteiger partial charge in [-0.2, -0.15) is 0 Å². The number of hydrogen-bond donors (Lipinski definition) is 3. The average molecular weight is 407 g/mol. The van der Waals surface area contributed by atoms with Crippen LogP contribution >= 0.6 is 0 Å². The largest absolute Gasteiger partial charge is 0.447 e. The van der Waals surface area contributed by atoms with Crippen LogP contribution < -0.4 is 16.0 Å². The normalized spacial score (nSPS) is 23.8. The van der Waals surface area contributed by atoms with Crippen LogP contribution in [-0.2, 0) is 25.5 Å². The van der Waals surface area contributed by atoms with E-state index in [1.807, 2.05) is 0 Å². The molecule has 2 heterocycles. The molecule has 3 N–H and O–H groups in total. The van der Waals surface area contributed by atoms with Crippen LogP contribution in [-0.4, -0.2) is 55.9 Å². The van der Waals surface area contributed by atoms with Crippen LogP contribution in [0, 0.1) is 5.82 Å². The van der Waals surface area contributed by atoms with Gasteiger partial charge in [-0.1, -0.05) is 12.1 Å². The fraction of sp³-hybridized carbons (Fsp3) is 0.550. The second kappa shape index (κ2) is 10.2. The van der Waals surface area contributed by atoms with Gasteiger partial charge in [-0.05, 0) is 37.0 Å². The summed E-state index contributed by atoms with van der Waals surface area (Å²) in [4.78, 5) is 35.2. The van der Waals surface area contributed by atoms with E-state index < -0.39 is 6.09 Å². The molecule has 0 aromatic heterocycles. The molecule has 0 saturated carbocycles. The van der Waals surface area contributed by atoms with Crippen molar-refractivity contribution in [2.45, 2.75) is 50.3 Å². The Morgan fingerprint density at radius 1 is 1.21 bits per heavy atom. The van der Waals surface area contributed by atoms with Crippen LogP contribution in [0.4, 0.5) is 9.18 Å². The van der Waals surface area contributed by atoms with Gasteiger partial charge in [0.25, 0.3) is 0 Å². The van der Waals surface area contributed by atoms with Gasteiger partial charge in [0.2, 0.25) is 11.8 Å². The van der Waals surface area contributed by atoms with Crippen molar-refractivity contribution in [2.75, 3.05) is 19.8 Å². The van der Waals surface area contributed by atoms with Gasteiger partial charge in [0.1, 0.15) is 12.4 Å². The average Bonchev–Trinajstić information content (AvgIpc) is 3.11. The number of hydrogen-bond acceptors (Lipinski definition) is 5. The smallest absolute Gasteiger partial charge is 0.407 e. The Kier molecular flexibility index (Phi) is 7.40. The molecule has 1 aromatic rings. The van der Waals surface area contributed by atoms with Gasteiger partial charge in [-0.25, -0.2) is 9.18 Å². The van der Waals surface area contributed by atoms with Crippen LogP contribution in [0.3, 0.4) is 0 Å². The first-order valence-corrected chi connectivity index (χ1v) is 9.83. The minimum atomic E-state index is -0.503. The lowest BCUT2D eigenvalue weighted by Gasteiger charge is -2.30. The number of benzene rings is 1. The van der Waals surface area contributed by atoms with E-state index in [9.17, 15) is 18.8 Å². The Morgan fingerprint density at radius 3 is 2.72 bits per heavy atom. The summed E-state index contributed by atoms with van der Waals surface area (Å²) in [6, 6.07) is 5.82. The van der Waals surface area contributed by atoms with Gasteiger partial charge < -0.3 is 25.4 Å². The highest BCUT2D eigenvalue weighted by molar-refractivity contribution is 5.78. The van der Waals surface area contributed by atoms with Gasteiger partial charge >= 0.3 is 6.09 Å². The minimum Gasteiger partial charge on any atom is -0.447 e. The summed E-state index contributed by atoms with van der Waals surface area (Å²) in [5.41, 5.74) is 0.915. The number of aryl methyl sites for hydroxylation is 1. The van der Waals surface area contributed by atoms with E-state index >= 15 is 0 Å². The van der Waals surface area contributed by atoms with Crippen molar-refractivity contribution < 1.29 is 28.2 Å². The van der Waals surface area contributed by atoms with Crippen molar-refractivity contribution in [2.24, 2.45) is 0 Å². The first-order valence-electron chi connectivity index (χ1n) is 9.83. The number of cyclic esters (lactones) is 1. The molecule has 0 unspecified atom stereocenters. The predicted molar refractivity (Wildman–Crippen MR) is 102 cm³/mol. The number of halogens is 1. The van der Waals surface area contributed by atoms with Gasteiger partial charge in [-0.15, -0.1) is 0 Å². The Bertz CT molecular complexity index is 727. The van der Waals surface area contributed by atoms with Crippen molar-refractivity contribution in [1.82, 2.24) is 16.0 Å². The number of ether oxygens (including phenoxy) is 2. The lowest BCUT2D eigenvalue weighted by atomic mass is 10.0. The first kappa shape index (κ1) is 21.0. The third-order valence-corrected chi connectivity index (χ3v) is 4.98. The third-order valence-electron chi connectivity index (χ3n) is 4.98. The molecule has 2 saturated heterocycles. The van der Waals surface area contributed by atoms with Gasteiger partial charge in [0.15, 0.2) is 0 Å². The highest BCUT2D eigenvalue weighted by Gasteiger charge is 2.27. The van der Waals surface area contributed by atoms with Crippen molar-refractivity contribution >= 4 is 17.9 Å². The summed E-state index contributed by atoms with van der Waals surface area (Å²) < 4.78 is 23.3. The molecule has 0 aliphatic carbocycles. The van der Waals surface area contributed by atoms with E-state index in [1.54, 1.807) is 12.1 Å². The zero-order valence-electron chi connectivity index (χ0n) is 16.1. The van der Waals surface area contributed by atoms with Crippen molar-refractivity contribution in [3.8, 4) is 0 Å². The lowest BCUT2D eigenvalue weighted by Crippen LogP contribution is -2.46. The molecule has 0 bridgehead atoms. The van der Waals surface area contributed by atoms with Crippen LogP contribution in [0.2, 0.25) is 0 Å². The monoisotopic (exact) mass is 407 g/mol. The van der Waals surface area contributed by atoms with E-state index in [0.717, 1.165) is 12.0 Å². The Balaban J connectivity index is 1.34. The Morgan fingerprint density at radius 2 is 2.00 bits per heavy atom. The fourth-order valence-corrected chi connectivity index (χ4v) is 3.42. The van der Waals surface area contributed by atoms with Gasteiger partial charge in [0, 0.05) is 25.6 Å². The molecule has 1 aromatic carbocycles. The van der Waals surface area contributed by atoms with E-state index in [2.05, 4.69) is 16.0 Å². The van der Waals surface area contributed by atoms with E-state index in [0.29, 0.717) is 32.4 Å². The lowest BCUT2D eigenvalue weighted by molar-refractivity contribution is -0.124. The number of alkyl carbamates (subject to hydrolysis) is 1. The molecule has 0 spiro atoms. The molecule has 3 atom stereocenters. The summed E-state index contributed by atoms with van der Waals surface area (Å²) in [5, 5.41) is 8.38. The van der Waals surface area contributed by atoms with Crippen LogP contribution in [0.15, 0.2) is 24.3 Å². The summed E-state index contributed by atoms with van der Waals surface area (Å²) in [6.07, 6.45) is 1.70. The maximum absolute atomic E-state index is 12.9.